The first kappa shape index (κ1) is 15.8. The average Bonchev–Trinajstić information content (AvgIpc) is 2.85. The molecular formula is C14H24N4O3. The molecule has 1 aromatic rings. The van der Waals surface area contributed by atoms with E-state index >= 15 is 0 Å². The first-order valence-corrected chi connectivity index (χ1v) is 7.35. The largest absolute Gasteiger partial charge is 0.444 e. The fourth-order valence-corrected chi connectivity index (χ4v) is 2.39. The Hall–Kier alpha value is -1.63. The van der Waals surface area contributed by atoms with E-state index in [0.717, 1.165) is 19.4 Å². The molecule has 0 unspecified atom stereocenters. The Morgan fingerprint density at radius 1 is 1.43 bits per heavy atom. The Kier molecular flexibility index (Phi) is 4.82. The molecular weight excluding hydrogens is 272 g/mol. The van der Waals surface area contributed by atoms with E-state index in [-0.39, 0.29) is 12.7 Å². The van der Waals surface area contributed by atoms with Crippen molar-refractivity contribution in [2.75, 3.05) is 13.1 Å². The minimum Gasteiger partial charge on any atom is -0.444 e. The number of piperidine rings is 1. The summed E-state index contributed by atoms with van der Waals surface area (Å²) in [6.45, 7) is 7.73. The van der Waals surface area contributed by atoms with E-state index in [1.54, 1.807) is 15.8 Å². The summed E-state index contributed by atoms with van der Waals surface area (Å²) in [5, 5.41) is 16.8. The molecule has 0 saturated carbocycles. The van der Waals surface area contributed by atoms with E-state index in [0.29, 0.717) is 24.7 Å². The lowest BCUT2D eigenvalue weighted by Gasteiger charge is -2.33. The van der Waals surface area contributed by atoms with Gasteiger partial charge < -0.3 is 14.7 Å². The number of ether oxygens (including phenoxy) is 1. The molecule has 0 spiro atoms. The van der Waals surface area contributed by atoms with Crippen LogP contribution in [0.25, 0.3) is 0 Å². The topological polar surface area (TPSA) is 80.5 Å². The van der Waals surface area contributed by atoms with Crippen LogP contribution in [0, 0.1) is 5.92 Å². The van der Waals surface area contributed by atoms with Gasteiger partial charge in [-0.1, -0.05) is 5.21 Å². The highest BCUT2D eigenvalue weighted by molar-refractivity contribution is 5.68. The van der Waals surface area contributed by atoms with Crippen LogP contribution in [-0.4, -0.2) is 49.8 Å². The maximum absolute atomic E-state index is 12.0. The molecule has 7 nitrogen and oxygen atoms in total. The first-order valence-electron chi connectivity index (χ1n) is 7.35. The van der Waals surface area contributed by atoms with Crippen LogP contribution in [-0.2, 0) is 17.9 Å². The lowest BCUT2D eigenvalue weighted by Crippen LogP contribution is -2.42. The Morgan fingerprint density at radius 2 is 2.10 bits per heavy atom. The van der Waals surface area contributed by atoms with Crippen molar-refractivity contribution in [3.63, 3.8) is 0 Å². The molecule has 2 heterocycles. The zero-order valence-corrected chi connectivity index (χ0v) is 12.9. The molecule has 2 rings (SSSR count). The minimum absolute atomic E-state index is 0.0862. The zero-order chi connectivity index (χ0) is 15.5. The number of aliphatic hydroxyl groups is 1. The number of hydrogen-bond acceptors (Lipinski definition) is 5. The summed E-state index contributed by atoms with van der Waals surface area (Å²) in [6, 6.07) is 0. The number of hydrogen-bond donors (Lipinski definition) is 1. The van der Waals surface area contributed by atoms with E-state index in [4.69, 9.17) is 9.84 Å². The molecule has 1 aliphatic rings. The molecule has 0 bridgehead atoms. The smallest absolute Gasteiger partial charge is 0.410 e. The van der Waals surface area contributed by atoms with E-state index in [2.05, 4.69) is 10.3 Å². The maximum Gasteiger partial charge on any atom is 0.410 e. The van der Waals surface area contributed by atoms with Gasteiger partial charge in [0.15, 0.2) is 0 Å². The van der Waals surface area contributed by atoms with Crippen molar-refractivity contribution in [2.24, 2.45) is 5.92 Å². The second-order valence-electron chi connectivity index (χ2n) is 6.50. The van der Waals surface area contributed by atoms with Crippen molar-refractivity contribution < 1.29 is 14.6 Å². The molecule has 1 saturated heterocycles. The average molecular weight is 296 g/mol. The highest BCUT2D eigenvalue weighted by Gasteiger charge is 2.27. The molecule has 1 aromatic heterocycles. The second-order valence-corrected chi connectivity index (χ2v) is 6.50. The van der Waals surface area contributed by atoms with Crippen LogP contribution < -0.4 is 0 Å². The van der Waals surface area contributed by atoms with Gasteiger partial charge in [0.2, 0.25) is 0 Å². The minimum atomic E-state index is -0.449. The lowest BCUT2D eigenvalue weighted by molar-refractivity contribution is 0.0177. The SMILES string of the molecule is CC(C)(C)OC(=O)N1CCC(Cn2cc(CO)nn2)CC1. The van der Waals surface area contributed by atoms with E-state index < -0.39 is 5.60 Å². The number of aliphatic hydroxyl groups excluding tert-OH is 1. The number of carbonyl (C=O) groups is 1. The van der Waals surface area contributed by atoms with Gasteiger partial charge >= 0.3 is 6.09 Å². The Balaban J connectivity index is 1.79. The van der Waals surface area contributed by atoms with Crippen molar-refractivity contribution in [3.05, 3.63) is 11.9 Å². The van der Waals surface area contributed by atoms with E-state index in [9.17, 15) is 4.79 Å². The van der Waals surface area contributed by atoms with Gasteiger partial charge in [-0.05, 0) is 39.5 Å². The third-order valence-electron chi connectivity index (χ3n) is 3.46. The second kappa shape index (κ2) is 6.43. The lowest BCUT2D eigenvalue weighted by atomic mass is 9.97. The summed E-state index contributed by atoms with van der Waals surface area (Å²) in [7, 11) is 0. The van der Waals surface area contributed by atoms with Crippen LogP contribution in [0.5, 0.6) is 0 Å². The van der Waals surface area contributed by atoms with Gasteiger partial charge in [-0.3, -0.25) is 4.68 Å². The predicted octanol–water partition coefficient (Wildman–Crippen LogP) is 1.42. The third-order valence-corrected chi connectivity index (χ3v) is 3.46. The fourth-order valence-electron chi connectivity index (χ4n) is 2.39. The maximum atomic E-state index is 12.0. The molecule has 0 atom stereocenters. The highest BCUT2D eigenvalue weighted by Crippen LogP contribution is 2.21. The number of aromatic nitrogens is 3. The number of rotatable bonds is 3. The van der Waals surface area contributed by atoms with Crippen LogP contribution in [0.2, 0.25) is 0 Å². The quantitative estimate of drug-likeness (QED) is 0.912. The van der Waals surface area contributed by atoms with Gasteiger partial charge in [-0.15, -0.1) is 5.10 Å². The summed E-state index contributed by atoms with van der Waals surface area (Å²) in [6.07, 6.45) is 3.38. The van der Waals surface area contributed by atoms with Crippen LogP contribution in [0.15, 0.2) is 6.20 Å². The number of carbonyl (C=O) groups excluding carboxylic acids is 1. The van der Waals surface area contributed by atoms with Crippen LogP contribution >= 0.6 is 0 Å². The molecule has 0 aromatic carbocycles. The molecule has 1 fully saturated rings. The first-order chi connectivity index (χ1) is 9.87. The van der Waals surface area contributed by atoms with E-state index in [1.165, 1.54) is 0 Å². The molecule has 0 aliphatic carbocycles. The molecule has 1 amide bonds. The summed E-state index contributed by atoms with van der Waals surface area (Å²) in [5.41, 5.74) is 0.135. The summed E-state index contributed by atoms with van der Waals surface area (Å²) < 4.78 is 7.14. The van der Waals surface area contributed by atoms with Crippen LogP contribution in [0.4, 0.5) is 4.79 Å². The van der Waals surface area contributed by atoms with Crippen molar-refractivity contribution in [1.82, 2.24) is 19.9 Å². The van der Waals surface area contributed by atoms with Gasteiger partial charge in [0.1, 0.15) is 11.3 Å². The molecule has 21 heavy (non-hydrogen) atoms. The van der Waals surface area contributed by atoms with Crippen molar-refractivity contribution in [1.29, 1.82) is 0 Å². The molecule has 118 valence electrons. The Morgan fingerprint density at radius 3 is 2.62 bits per heavy atom. The Labute approximate surface area is 124 Å². The summed E-state index contributed by atoms with van der Waals surface area (Å²) >= 11 is 0. The van der Waals surface area contributed by atoms with Gasteiger partial charge in [0.25, 0.3) is 0 Å². The van der Waals surface area contributed by atoms with Crippen molar-refractivity contribution >= 4 is 6.09 Å². The van der Waals surface area contributed by atoms with E-state index in [1.807, 2.05) is 20.8 Å². The number of nitrogens with zero attached hydrogens (tertiary/aromatic N) is 4. The number of amides is 1. The van der Waals surface area contributed by atoms with Gasteiger partial charge in [-0.2, -0.15) is 0 Å². The molecule has 1 N–H and O–H groups in total. The molecule has 7 heteroatoms. The van der Waals surface area contributed by atoms with Gasteiger partial charge in [0, 0.05) is 19.6 Å². The predicted molar refractivity (Wildman–Crippen MR) is 76.5 cm³/mol. The van der Waals surface area contributed by atoms with Gasteiger partial charge in [0.05, 0.1) is 12.8 Å². The van der Waals surface area contributed by atoms with Gasteiger partial charge in [-0.25, -0.2) is 4.79 Å². The Bertz CT molecular complexity index is 473. The molecule has 0 radical (unpaired) electrons. The van der Waals surface area contributed by atoms with Crippen molar-refractivity contribution in [2.45, 2.75) is 52.4 Å². The highest BCUT2D eigenvalue weighted by atomic mass is 16.6. The third kappa shape index (κ3) is 4.70. The summed E-state index contributed by atoms with van der Waals surface area (Å²) in [4.78, 5) is 13.7. The molecule has 1 aliphatic heterocycles. The normalized spacial score (nSPS) is 17.0. The van der Waals surface area contributed by atoms with Crippen LogP contribution in [0.1, 0.15) is 39.3 Å². The summed E-state index contributed by atoms with van der Waals surface area (Å²) in [5.74, 6) is 0.469. The van der Waals surface area contributed by atoms with Crippen molar-refractivity contribution in [3.8, 4) is 0 Å². The zero-order valence-electron chi connectivity index (χ0n) is 12.9. The fraction of sp³-hybridized carbons (Fsp3) is 0.786. The van der Waals surface area contributed by atoms with Crippen LogP contribution in [0.3, 0.4) is 0 Å². The standard InChI is InChI=1S/C14H24N4O3/c1-14(2,3)21-13(20)17-6-4-11(5-7-17)8-18-9-12(10-19)15-16-18/h9,11,19H,4-8,10H2,1-3H3. The number of likely N-dealkylation sites (tertiary alicyclic amines) is 1. The monoisotopic (exact) mass is 296 g/mol.